The molecule has 0 fully saturated rings. The van der Waals surface area contributed by atoms with Crippen LogP contribution in [0.1, 0.15) is 29.4 Å². The summed E-state index contributed by atoms with van der Waals surface area (Å²) in [6.45, 7) is 2.09. The van der Waals surface area contributed by atoms with Gasteiger partial charge in [-0.2, -0.15) is 0 Å². The molecular formula is C13H15NO2. The summed E-state index contributed by atoms with van der Waals surface area (Å²) >= 11 is 0. The Morgan fingerprint density at radius 3 is 2.81 bits per heavy atom. The molecule has 0 atom stereocenters. The summed E-state index contributed by atoms with van der Waals surface area (Å²) in [5, 5.41) is 0.942. The van der Waals surface area contributed by atoms with Crippen LogP contribution in [0.5, 0.6) is 0 Å². The number of fused-ring (bicyclic) bond motifs is 1. The molecule has 2 rings (SSSR count). The maximum absolute atomic E-state index is 11.7. The second-order valence-corrected chi connectivity index (χ2v) is 3.77. The summed E-state index contributed by atoms with van der Waals surface area (Å²) in [5.41, 5.74) is 2.64. The van der Waals surface area contributed by atoms with Crippen molar-refractivity contribution >= 4 is 16.9 Å². The van der Waals surface area contributed by atoms with Gasteiger partial charge in [0, 0.05) is 16.6 Å². The lowest BCUT2D eigenvalue weighted by atomic mass is 10.1. The van der Waals surface area contributed by atoms with Crippen molar-refractivity contribution in [1.82, 2.24) is 4.98 Å². The summed E-state index contributed by atoms with van der Waals surface area (Å²) in [6, 6.07) is 7.80. The zero-order valence-electron chi connectivity index (χ0n) is 9.54. The smallest absolute Gasteiger partial charge is 0.340 e. The number of aromatic amines is 1. The van der Waals surface area contributed by atoms with E-state index in [0.717, 1.165) is 29.4 Å². The van der Waals surface area contributed by atoms with Crippen molar-refractivity contribution < 1.29 is 9.53 Å². The van der Waals surface area contributed by atoms with Crippen molar-refractivity contribution in [2.45, 2.75) is 19.8 Å². The minimum atomic E-state index is -0.263. The minimum Gasteiger partial charge on any atom is -0.465 e. The Bertz CT molecular complexity index is 514. The van der Waals surface area contributed by atoms with E-state index in [9.17, 15) is 4.79 Å². The molecule has 3 nitrogen and oxygen atoms in total. The molecule has 0 aliphatic rings. The number of nitrogens with one attached hydrogen (secondary N) is 1. The van der Waals surface area contributed by atoms with E-state index in [1.807, 2.05) is 24.3 Å². The van der Waals surface area contributed by atoms with Crippen molar-refractivity contribution in [1.29, 1.82) is 0 Å². The van der Waals surface area contributed by atoms with Gasteiger partial charge in [-0.1, -0.05) is 31.5 Å². The molecular weight excluding hydrogens is 202 g/mol. The van der Waals surface area contributed by atoms with Crippen LogP contribution in [-0.4, -0.2) is 18.1 Å². The number of rotatable bonds is 3. The van der Waals surface area contributed by atoms with Gasteiger partial charge in [-0.05, 0) is 12.5 Å². The minimum absolute atomic E-state index is 0.263. The monoisotopic (exact) mass is 217 g/mol. The molecule has 0 spiro atoms. The predicted molar refractivity (Wildman–Crippen MR) is 63.6 cm³/mol. The highest BCUT2D eigenvalue weighted by Crippen LogP contribution is 2.23. The first-order valence-corrected chi connectivity index (χ1v) is 5.45. The van der Waals surface area contributed by atoms with Gasteiger partial charge in [0.25, 0.3) is 0 Å². The summed E-state index contributed by atoms with van der Waals surface area (Å²) in [7, 11) is 1.42. The van der Waals surface area contributed by atoms with Gasteiger partial charge >= 0.3 is 5.97 Å². The molecule has 84 valence electrons. The number of methoxy groups -OCH3 is 1. The largest absolute Gasteiger partial charge is 0.465 e. The average molecular weight is 217 g/mol. The number of H-pyrrole nitrogens is 1. The zero-order valence-corrected chi connectivity index (χ0v) is 9.54. The molecule has 3 heteroatoms. The summed E-state index contributed by atoms with van der Waals surface area (Å²) in [4.78, 5) is 15.0. The Morgan fingerprint density at radius 1 is 1.38 bits per heavy atom. The van der Waals surface area contributed by atoms with Crippen molar-refractivity contribution in [3.63, 3.8) is 0 Å². The van der Waals surface area contributed by atoms with Crippen molar-refractivity contribution in [2.75, 3.05) is 7.11 Å². The van der Waals surface area contributed by atoms with E-state index >= 15 is 0 Å². The van der Waals surface area contributed by atoms with Gasteiger partial charge in [0.2, 0.25) is 0 Å². The average Bonchev–Trinajstić information content (AvgIpc) is 2.66. The third-order valence-electron chi connectivity index (χ3n) is 2.67. The fraction of sp³-hybridized carbons (Fsp3) is 0.308. The Balaban J connectivity index is 2.64. The van der Waals surface area contributed by atoms with Crippen LogP contribution in [0.4, 0.5) is 0 Å². The normalized spacial score (nSPS) is 10.6. The van der Waals surface area contributed by atoms with E-state index < -0.39 is 0 Å². The Labute approximate surface area is 94.4 Å². The van der Waals surface area contributed by atoms with E-state index in [1.54, 1.807) is 0 Å². The lowest BCUT2D eigenvalue weighted by Gasteiger charge is -2.00. The molecule has 1 aromatic carbocycles. The molecule has 16 heavy (non-hydrogen) atoms. The number of para-hydroxylation sites is 1. The molecule has 0 aliphatic heterocycles. The van der Waals surface area contributed by atoms with Crippen LogP contribution in [0.25, 0.3) is 10.9 Å². The van der Waals surface area contributed by atoms with Gasteiger partial charge in [0.05, 0.1) is 12.7 Å². The van der Waals surface area contributed by atoms with E-state index in [0.29, 0.717) is 5.56 Å². The Kier molecular flexibility index (Phi) is 2.95. The number of aromatic nitrogens is 1. The number of esters is 1. The topological polar surface area (TPSA) is 42.1 Å². The van der Waals surface area contributed by atoms with Crippen LogP contribution in [-0.2, 0) is 11.2 Å². The highest BCUT2D eigenvalue weighted by Gasteiger charge is 2.17. The number of ether oxygens (including phenoxy) is 1. The maximum atomic E-state index is 11.7. The first-order chi connectivity index (χ1) is 7.77. The molecule has 0 saturated heterocycles. The fourth-order valence-corrected chi connectivity index (χ4v) is 1.97. The van der Waals surface area contributed by atoms with Gasteiger partial charge in [-0.3, -0.25) is 0 Å². The Morgan fingerprint density at radius 2 is 2.12 bits per heavy atom. The predicted octanol–water partition coefficient (Wildman–Crippen LogP) is 2.91. The third-order valence-corrected chi connectivity index (χ3v) is 2.67. The lowest BCUT2D eigenvalue weighted by Crippen LogP contribution is -2.04. The maximum Gasteiger partial charge on any atom is 0.340 e. The lowest BCUT2D eigenvalue weighted by molar-refractivity contribution is 0.0602. The van der Waals surface area contributed by atoms with Crippen LogP contribution in [0.15, 0.2) is 24.3 Å². The number of benzene rings is 1. The van der Waals surface area contributed by atoms with Gasteiger partial charge in [-0.25, -0.2) is 4.79 Å². The van der Waals surface area contributed by atoms with Gasteiger partial charge in [0.1, 0.15) is 0 Å². The number of carbonyl (C=O) groups is 1. The summed E-state index contributed by atoms with van der Waals surface area (Å²) in [6.07, 6.45) is 1.86. The van der Waals surface area contributed by atoms with E-state index in [1.165, 1.54) is 7.11 Å². The van der Waals surface area contributed by atoms with Gasteiger partial charge in [0.15, 0.2) is 0 Å². The molecule has 0 radical (unpaired) electrons. The standard InChI is InChI=1S/C13H15NO2/c1-3-6-11-12(13(15)16-2)9-7-4-5-8-10(9)14-11/h4-5,7-8,14H,3,6H2,1-2H3. The van der Waals surface area contributed by atoms with Crippen LogP contribution < -0.4 is 0 Å². The number of aryl methyl sites for hydroxylation is 1. The molecule has 1 aromatic heterocycles. The number of carbonyl (C=O) groups excluding carboxylic acids is 1. The molecule has 0 amide bonds. The number of hydrogen-bond acceptors (Lipinski definition) is 2. The van der Waals surface area contributed by atoms with Crippen molar-refractivity contribution in [2.24, 2.45) is 0 Å². The summed E-state index contributed by atoms with van der Waals surface area (Å²) in [5.74, 6) is -0.263. The van der Waals surface area contributed by atoms with Gasteiger partial charge < -0.3 is 9.72 Å². The zero-order chi connectivity index (χ0) is 11.5. The van der Waals surface area contributed by atoms with Crippen LogP contribution >= 0.6 is 0 Å². The van der Waals surface area contributed by atoms with E-state index in [2.05, 4.69) is 11.9 Å². The van der Waals surface area contributed by atoms with Crippen molar-refractivity contribution in [3.8, 4) is 0 Å². The molecule has 0 saturated carbocycles. The molecule has 2 aromatic rings. The fourth-order valence-electron chi connectivity index (χ4n) is 1.97. The Hall–Kier alpha value is -1.77. The van der Waals surface area contributed by atoms with Crippen LogP contribution in [0, 0.1) is 0 Å². The third kappa shape index (κ3) is 1.69. The SMILES string of the molecule is CCCc1[nH]c2ccccc2c1C(=O)OC. The molecule has 1 heterocycles. The highest BCUT2D eigenvalue weighted by atomic mass is 16.5. The van der Waals surface area contributed by atoms with E-state index in [4.69, 9.17) is 4.74 Å². The number of hydrogen-bond donors (Lipinski definition) is 1. The molecule has 0 unspecified atom stereocenters. The first kappa shape index (κ1) is 10.7. The summed E-state index contributed by atoms with van der Waals surface area (Å²) < 4.78 is 4.83. The van der Waals surface area contributed by atoms with Crippen molar-refractivity contribution in [3.05, 3.63) is 35.5 Å². The molecule has 0 bridgehead atoms. The highest BCUT2D eigenvalue weighted by molar-refractivity contribution is 6.05. The molecule has 0 aliphatic carbocycles. The van der Waals surface area contributed by atoms with Crippen LogP contribution in [0.3, 0.4) is 0 Å². The molecule has 1 N–H and O–H groups in total. The first-order valence-electron chi connectivity index (χ1n) is 5.45. The van der Waals surface area contributed by atoms with Crippen LogP contribution in [0.2, 0.25) is 0 Å². The quantitative estimate of drug-likeness (QED) is 0.803. The van der Waals surface area contributed by atoms with Gasteiger partial charge in [-0.15, -0.1) is 0 Å². The second kappa shape index (κ2) is 4.39. The second-order valence-electron chi connectivity index (χ2n) is 3.77. The van der Waals surface area contributed by atoms with E-state index in [-0.39, 0.29) is 5.97 Å².